The standard InChI is InChI=1S/C23H17Cl4N3O4/c24-17-18(25)22(27)16-14-12-7-6-11(13(14)15(16)21(17,26)23(22)33-8-9-34-23)29-19(31)28(20(32)30(12)29)10-4-2-1-3-5-10/h1-7,11-16H,8-9H2/t11-,12-,13-,14-,15-,16-,21+,22+/m1/s1. The predicted octanol–water partition coefficient (Wildman–Crippen LogP) is 3.36. The average Bonchev–Trinajstić information content (AvgIpc) is 3.49. The first kappa shape index (κ1) is 20.7. The van der Waals surface area contributed by atoms with Crippen molar-refractivity contribution in [2.75, 3.05) is 13.2 Å². The molecule has 4 heterocycles. The number of hydrogen-bond donors (Lipinski definition) is 0. The second-order valence-corrected chi connectivity index (χ2v) is 11.8. The number of hydrogen-bond acceptors (Lipinski definition) is 4. The number of aromatic nitrogens is 3. The molecule has 4 bridgehead atoms. The first-order valence-corrected chi connectivity index (χ1v) is 12.7. The van der Waals surface area contributed by atoms with Crippen molar-refractivity contribution >= 4 is 46.4 Å². The van der Waals surface area contributed by atoms with E-state index in [0.717, 1.165) is 0 Å². The van der Waals surface area contributed by atoms with Crippen LogP contribution in [0.2, 0.25) is 0 Å². The molecule has 1 aromatic heterocycles. The maximum absolute atomic E-state index is 13.6. The van der Waals surface area contributed by atoms with Gasteiger partial charge < -0.3 is 9.47 Å². The quantitative estimate of drug-likeness (QED) is 0.411. The highest BCUT2D eigenvalue weighted by molar-refractivity contribution is 6.52. The lowest BCUT2D eigenvalue weighted by atomic mass is 9.46. The number of nitrogens with zero attached hydrogens (tertiary/aromatic N) is 3. The topological polar surface area (TPSA) is 67.4 Å². The highest BCUT2D eigenvalue weighted by Gasteiger charge is 2.92. The maximum atomic E-state index is 13.6. The van der Waals surface area contributed by atoms with Crippen LogP contribution in [0, 0.1) is 23.7 Å². The van der Waals surface area contributed by atoms with Gasteiger partial charge in [-0.25, -0.2) is 23.5 Å². The molecule has 9 rings (SSSR count). The van der Waals surface area contributed by atoms with Crippen LogP contribution in [0.4, 0.5) is 0 Å². The third kappa shape index (κ3) is 1.77. The smallest absolute Gasteiger partial charge is 0.344 e. The van der Waals surface area contributed by atoms with Gasteiger partial charge in [-0.3, -0.25) is 0 Å². The minimum Gasteiger partial charge on any atom is -0.344 e. The molecule has 0 amide bonds. The van der Waals surface area contributed by atoms with E-state index in [4.69, 9.17) is 55.9 Å². The predicted molar refractivity (Wildman–Crippen MR) is 126 cm³/mol. The van der Waals surface area contributed by atoms with Gasteiger partial charge in [0.2, 0.25) is 5.79 Å². The molecule has 0 N–H and O–H groups in total. The Bertz CT molecular complexity index is 1390. The number of benzene rings is 1. The third-order valence-electron chi connectivity index (χ3n) is 8.94. The summed E-state index contributed by atoms with van der Waals surface area (Å²) in [4.78, 5) is 24.6. The van der Waals surface area contributed by atoms with Crippen molar-refractivity contribution in [1.29, 1.82) is 0 Å². The van der Waals surface area contributed by atoms with Crippen molar-refractivity contribution in [1.82, 2.24) is 13.9 Å². The summed E-state index contributed by atoms with van der Waals surface area (Å²) in [6.07, 6.45) is 3.99. The second-order valence-electron chi connectivity index (χ2n) is 9.86. The van der Waals surface area contributed by atoms with Gasteiger partial charge in [0.15, 0.2) is 0 Å². The van der Waals surface area contributed by atoms with Gasteiger partial charge >= 0.3 is 11.4 Å². The third-order valence-corrected chi connectivity index (χ3v) is 11.6. The summed E-state index contributed by atoms with van der Waals surface area (Å²) in [5, 5.41) is 0.508. The van der Waals surface area contributed by atoms with E-state index in [1.54, 1.807) is 33.6 Å². The molecule has 7 aliphatic rings. The molecule has 34 heavy (non-hydrogen) atoms. The summed E-state index contributed by atoms with van der Waals surface area (Å²) in [5.74, 6) is -2.01. The van der Waals surface area contributed by atoms with Crippen molar-refractivity contribution in [3.63, 3.8) is 0 Å². The Kier molecular flexibility index (Phi) is 3.70. The van der Waals surface area contributed by atoms with Gasteiger partial charge in [-0.05, 0) is 35.8 Å². The Labute approximate surface area is 213 Å². The van der Waals surface area contributed by atoms with Gasteiger partial charge in [0.25, 0.3) is 0 Å². The van der Waals surface area contributed by atoms with Crippen LogP contribution < -0.4 is 11.4 Å². The van der Waals surface area contributed by atoms with E-state index >= 15 is 0 Å². The Morgan fingerprint density at radius 1 is 0.794 bits per heavy atom. The molecule has 11 heteroatoms. The van der Waals surface area contributed by atoms with E-state index < -0.39 is 15.5 Å². The molecule has 3 fully saturated rings. The van der Waals surface area contributed by atoms with Crippen molar-refractivity contribution < 1.29 is 9.47 Å². The summed E-state index contributed by atoms with van der Waals surface area (Å²) in [5.41, 5.74) is -0.235. The molecule has 3 aliphatic heterocycles. The molecule has 0 radical (unpaired) electrons. The number of fused-ring (bicyclic) bond motifs is 3. The molecule has 1 saturated heterocycles. The van der Waals surface area contributed by atoms with Crippen molar-refractivity contribution in [3.05, 3.63) is 73.5 Å². The van der Waals surface area contributed by atoms with Crippen LogP contribution in [0.25, 0.3) is 5.69 Å². The van der Waals surface area contributed by atoms with Crippen molar-refractivity contribution in [2.45, 2.75) is 27.6 Å². The molecule has 8 atom stereocenters. The zero-order valence-corrected chi connectivity index (χ0v) is 20.4. The Balaban J connectivity index is 1.35. The lowest BCUT2D eigenvalue weighted by molar-refractivity contribution is -0.172. The minimum absolute atomic E-state index is 0.0787. The van der Waals surface area contributed by atoms with Gasteiger partial charge in [-0.1, -0.05) is 53.6 Å². The Morgan fingerprint density at radius 2 is 1.26 bits per heavy atom. The highest BCUT2D eigenvalue weighted by Crippen LogP contribution is 2.84. The van der Waals surface area contributed by atoms with E-state index in [9.17, 15) is 9.59 Å². The zero-order chi connectivity index (χ0) is 23.4. The number of para-hydroxylation sites is 1. The molecule has 176 valence electrons. The summed E-state index contributed by atoms with van der Waals surface area (Å²) in [7, 11) is 0. The molecule has 4 aliphatic carbocycles. The van der Waals surface area contributed by atoms with E-state index in [-0.39, 0.29) is 57.2 Å². The van der Waals surface area contributed by atoms with E-state index in [0.29, 0.717) is 18.9 Å². The molecular formula is C23H17Cl4N3O4. The summed E-state index contributed by atoms with van der Waals surface area (Å²) < 4.78 is 16.6. The largest absolute Gasteiger partial charge is 0.352 e. The SMILES string of the molecule is O=c1n(-c2ccccc2)c(=O)n2n1[C@@H]1C=C[C@@H]2[C@@H]2[C@@H]1[C@@H]1[C@@H]2[C@]2(Cl)C(Cl)=C(Cl)[C@]1(Cl)C21OCCO1. The molecule has 0 unspecified atom stereocenters. The normalized spacial score (nSPS) is 43.9. The van der Waals surface area contributed by atoms with Crippen LogP contribution >= 0.6 is 46.4 Å². The number of halogens is 4. The Hall–Kier alpha value is -1.48. The molecule has 2 aromatic rings. The first-order valence-electron chi connectivity index (χ1n) is 11.2. The van der Waals surface area contributed by atoms with Crippen LogP contribution in [0.1, 0.15) is 12.1 Å². The fourth-order valence-electron chi connectivity index (χ4n) is 7.94. The molecular weight excluding hydrogens is 524 g/mol. The number of ether oxygens (including phenoxy) is 2. The number of alkyl halides is 2. The minimum atomic E-state index is -1.38. The van der Waals surface area contributed by atoms with Gasteiger partial charge in [0.1, 0.15) is 9.75 Å². The summed E-state index contributed by atoms with van der Waals surface area (Å²) >= 11 is 28.2. The van der Waals surface area contributed by atoms with E-state index in [1.165, 1.54) is 4.57 Å². The van der Waals surface area contributed by atoms with Gasteiger partial charge in [0, 0.05) is 0 Å². The van der Waals surface area contributed by atoms with Crippen molar-refractivity contribution in [2.24, 2.45) is 23.7 Å². The molecule has 1 aromatic carbocycles. The average molecular weight is 541 g/mol. The van der Waals surface area contributed by atoms with Gasteiger partial charge in [0.05, 0.1) is 41.0 Å². The molecule has 1 spiro atoms. The molecule has 7 nitrogen and oxygen atoms in total. The van der Waals surface area contributed by atoms with Crippen molar-refractivity contribution in [3.8, 4) is 5.69 Å². The number of allylic oxidation sites excluding steroid dienone is 2. The monoisotopic (exact) mass is 539 g/mol. The fraction of sp³-hybridized carbons (Fsp3) is 0.478. The van der Waals surface area contributed by atoms with E-state index in [2.05, 4.69) is 0 Å². The fourth-order valence-corrected chi connectivity index (χ4v) is 10.2. The lowest BCUT2D eigenvalue weighted by Crippen LogP contribution is -2.66. The molecule has 2 saturated carbocycles. The van der Waals surface area contributed by atoms with Crippen LogP contribution in [0.15, 0.2) is 62.1 Å². The Morgan fingerprint density at radius 3 is 1.74 bits per heavy atom. The zero-order valence-electron chi connectivity index (χ0n) is 17.4. The summed E-state index contributed by atoms with van der Waals surface area (Å²) in [6, 6.07) is 8.18. The van der Waals surface area contributed by atoms with E-state index in [1.807, 2.05) is 18.2 Å². The maximum Gasteiger partial charge on any atom is 0.352 e. The van der Waals surface area contributed by atoms with Gasteiger partial charge in [-0.2, -0.15) is 0 Å². The van der Waals surface area contributed by atoms with Crippen LogP contribution in [0.3, 0.4) is 0 Å². The van der Waals surface area contributed by atoms with Crippen LogP contribution in [-0.4, -0.2) is 42.7 Å². The first-order chi connectivity index (χ1) is 16.3. The van der Waals surface area contributed by atoms with Crippen LogP contribution in [-0.2, 0) is 9.47 Å². The number of rotatable bonds is 1. The van der Waals surface area contributed by atoms with Crippen LogP contribution in [0.5, 0.6) is 0 Å². The summed E-state index contributed by atoms with van der Waals surface area (Å²) in [6.45, 7) is 0.664. The van der Waals surface area contributed by atoms with Gasteiger partial charge in [-0.15, -0.1) is 23.2 Å². The lowest BCUT2D eigenvalue weighted by Gasteiger charge is -2.63. The highest BCUT2D eigenvalue weighted by atomic mass is 35.5. The second kappa shape index (κ2) is 6.07.